The van der Waals surface area contributed by atoms with Crippen LogP contribution < -0.4 is 4.74 Å². The lowest BCUT2D eigenvalue weighted by Crippen LogP contribution is -2.07. The maximum absolute atomic E-state index is 11.6. The fraction of sp³-hybridized carbons (Fsp3) is 0.300. The molecule has 82 valence electrons. The van der Waals surface area contributed by atoms with Gasteiger partial charge >= 0.3 is 5.97 Å². The minimum absolute atomic E-state index is 0.255. The Kier molecular flexibility index (Phi) is 4.42. The molecule has 1 rings (SSSR count). The fourth-order valence-corrected chi connectivity index (χ4v) is 2.01. The molecule has 0 bridgehead atoms. The van der Waals surface area contributed by atoms with Crippen molar-refractivity contribution in [1.29, 1.82) is 0 Å². The second-order valence-corrected chi connectivity index (χ2v) is 3.89. The van der Waals surface area contributed by atoms with E-state index in [-0.39, 0.29) is 10.6 Å². The minimum Gasteiger partial charge on any atom is -0.495 e. The van der Waals surface area contributed by atoms with Gasteiger partial charge < -0.3 is 9.47 Å². The molecule has 0 N–H and O–H groups in total. The van der Waals surface area contributed by atoms with Crippen molar-refractivity contribution < 1.29 is 14.3 Å². The molecule has 3 nitrogen and oxygen atoms in total. The zero-order valence-corrected chi connectivity index (χ0v) is 10.7. The number of carbonyl (C=O) groups excluding carboxylic acids is 1. The Bertz CT molecular complexity index is 379. The van der Waals surface area contributed by atoms with Gasteiger partial charge in [0.05, 0.1) is 24.3 Å². The summed E-state index contributed by atoms with van der Waals surface area (Å²) >= 11 is 9.23. The third-order valence-corrected chi connectivity index (χ3v) is 2.79. The second-order valence-electron chi connectivity index (χ2n) is 2.66. The summed E-state index contributed by atoms with van der Waals surface area (Å²) in [6.45, 7) is 2.04. The summed E-state index contributed by atoms with van der Waals surface area (Å²) in [6.07, 6.45) is 0. The van der Waals surface area contributed by atoms with Crippen molar-refractivity contribution in [3.05, 3.63) is 27.2 Å². The van der Waals surface area contributed by atoms with E-state index in [1.165, 1.54) is 7.11 Å². The van der Waals surface area contributed by atoms with Gasteiger partial charge in [0.15, 0.2) is 0 Å². The van der Waals surface area contributed by atoms with E-state index >= 15 is 0 Å². The van der Waals surface area contributed by atoms with Crippen LogP contribution in [0, 0.1) is 0 Å². The molecule has 1 aromatic carbocycles. The maximum atomic E-state index is 11.6. The van der Waals surface area contributed by atoms with E-state index in [1.807, 2.05) is 0 Å². The van der Waals surface area contributed by atoms with E-state index in [9.17, 15) is 4.79 Å². The number of esters is 1. The number of rotatable bonds is 3. The maximum Gasteiger partial charge on any atom is 0.340 e. The average Bonchev–Trinajstić information content (AvgIpc) is 2.18. The zero-order chi connectivity index (χ0) is 11.4. The monoisotopic (exact) mass is 292 g/mol. The highest BCUT2D eigenvalue weighted by atomic mass is 79.9. The molecule has 0 saturated carbocycles. The molecule has 15 heavy (non-hydrogen) atoms. The van der Waals surface area contributed by atoms with Crippen molar-refractivity contribution in [3.8, 4) is 5.75 Å². The Morgan fingerprint density at radius 3 is 2.73 bits per heavy atom. The van der Waals surface area contributed by atoms with Gasteiger partial charge in [-0.2, -0.15) is 0 Å². The van der Waals surface area contributed by atoms with Gasteiger partial charge in [0, 0.05) is 4.47 Å². The highest BCUT2D eigenvalue weighted by molar-refractivity contribution is 9.10. The van der Waals surface area contributed by atoms with Gasteiger partial charge in [-0.1, -0.05) is 11.6 Å². The Morgan fingerprint density at radius 1 is 1.53 bits per heavy atom. The molecule has 0 heterocycles. The summed E-state index contributed by atoms with van der Waals surface area (Å²) in [5.41, 5.74) is 0.290. The molecule has 0 fully saturated rings. The van der Waals surface area contributed by atoms with Crippen molar-refractivity contribution in [3.63, 3.8) is 0 Å². The van der Waals surface area contributed by atoms with Gasteiger partial charge in [0.2, 0.25) is 0 Å². The van der Waals surface area contributed by atoms with Gasteiger partial charge in [-0.05, 0) is 35.0 Å². The van der Waals surface area contributed by atoms with Crippen molar-refractivity contribution in [2.24, 2.45) is 0 Å². The summed E-state index contributed by atoms with van der Waals surface area (Å²) < 4.78 is 10.5. The van der Waals surface area contributed by atoms with Crippen LogP contribution in [-0.4, -0.2) is 19.7 Å². The quantitative estimate of drug-likeness (QED) is 0.802. The molecule has 5 heteroatoms. The number of ether oxygens (including phenoxy) is 2. The lowest BCUT2D eigenvalue weighted by molar-refractivity contribution is 0.0525. The van der Waals surface area contributed by atoms with E-state index in [2.05, 4.69) is 15.9 Å². The molecular weight excluding hydrogens is 283 g/mol. The Morgan fingerprint density at radius 2 is 2.20 bits per heavy atom. The van der Waals surface area contributed by atoms with Crippen LogP contribution in [0.1, 0.15) is 17.3 Å². The number of carbonyl (C=O) groups is 1. The van der Waals surface area contributed by atoms with Crippen LogP contribution in [0.4, 0.5) is 0 Å². The first kappa shape index (κ1) is 12.3. The molecule has 0 aromatic heterocycles. The summed E-state index contributed by atoms with van der Waals surface area (Å²) in [7, 11) is 1.49. The molecule has 0 aliphatic rings. The lowest BCUT2D eigenvalue weighted by atomic mass is 10.2. The normalized spacial score (nSPS) is 9.87. The Hall–Kier alpha value is -0.740. The number of hydrogen-bond acceptors (Lipinski definition) is 3. The zero-order valence-electron chi connectivity index (χ0n) is 8.34. The second kappa shape index (κ2) is 5.37. The molecule has 0 amide bonds. The molecule has 0 aliphatic carbocycles. The first-order valence-corrected chi connectivity index (χ1v) is 5.48. The first-order valence-electron chi connectivity index (χ1n) is 4.31. The molecule has 0 aliphatic heterocycles. The molecule has 0 saturated heterocycles. The van der Waals surface area contributed by atoms with E-state index in [0.717, 1.165) is 0 Å². The van der Waals surface area contributed by atoms with Crippen LogP contribution >= 0.6 is 27.5 Å². The van der Waals surface area contributed by atoms with Crippen molar-refractivity contribution in [2.75, 3.05) is 13.7 Å². The van der Waals surface area contributed by atoms with Crippen molar-refractivity contribution >= 4 is 33.5 Å². The molecule has 0 unspecified atom stereocenters. The molecule has 0 atom stereocenters. The summed E-state index contributed by atoms with van der Waals surface area (Å²) in [5, 5.41) is 0.255. The topological polar surface area (TPSA) is 35.5 Å². The van der Waals surface area contributed by atoms with Crippen LogP contribution in [-0.2, 0) is 4.74 Å². The number of benzene rings is 1. The minimum atomic E-state index is -0.465. The molecule has 1 aromatic rings. The standard InChI is InChI=1S/C10H10BrClO3/c1-3-15-10(13)8-6(11)4-5-7(14-2)9(8)12/h4-5H,3H2,1-2H3. The number of hydrogen-bond donors (Lipinski definition) is 0. The summed E-state index contributed by atoms with van der Waals surface area (Å²) in [4.78, 5) is 11.6. The summed E-state index contributed by atoms with van der Waals surface area (Å²) in [6, 6.07) is 3.37. The number of methoxy groups -OCH3 is 1. The summed E-state index contributed by atoms with van der Waals surface area (Å²) in [5.74, 6) is -0.0174. The number of halogens is 2. The van der Waals surface area contributed by atoms with Gasteiger partial charge in [-0.15, -0.1) is 0 Å². The van der Waals surface area contributed by atoms with E-state index < -0.39 is 5.97 Å². The van der Waals surface area contributed by atoms with Crippen LogP contribution in [0.15, 0.2) is 16.6 Å². The highest BCUT2D eigenvalue weighted by Gasteiger charge is 2.18. The van der Waals surface area contributed by atoms with Crippen molar-refractivity contribution in [1.82, 2.24) is 0 Å². The van der Waals surface area contributed by atoms with Crippen LogP contribution in [0.5, 0.6) is 5.75 Å². The van der Waals surface area contributed by atoms with E-state index in [0.29, 0.717) is 16.8 Å². The lowest BCUT2D eigenvalue weighted by Gasteiger charge is -2.09. The SMILES string of the molecule is CCOC(=O)c1c(Br)ccc(OC)c1Cl. The van der Waals surface area contributed by atoms with Gasteiger partial charge in [-0.3, -0.25) is 0 Å². The fourth-order valence-electron chi connectivity index (χ4n) is 1.08. The van der Waals surface area contributed by atoms with Gasteiger partial charge in [0.25, 0.3) is 0 Å². The van der Waals surface area contributed by atoms with Gasteiger partial charge in [0.1, 0.15) is 5.75 Å². The highest BCUT2D eigenvalue weighted by Crippen LogP contribution is 2.33. The smallest absolute Gasteiger partial charge is 0.340 e. The van der Waals surface area contributed by atoms with E-state index in [4.69, 9.17) is 21.1 Å². The molecule has 0 radical (unpaired) electrons. The third-order valence-electron chi connectivity index (χ3n) is 1.76. The predicted molar refractivity (Wildman–Crippen MR) is 61.7 cm³/mol. The first-order chi connectivity index (χ1) is 7.11. The van der Waals surface area contributed by atoms with Crippen molar-refractivity contribution in [2.45, 2.75) is 6.92 Å². The van der Waals surface area contributed by atoms with Crippen LogP contribution in [0.3, 0.4) is 0 Å². The third kappa shape index (κ3) is 2.63. The average molecular weight is 294 g/mol. The Labute approximate surface area is 101 Å². The Balaban J connectivity index is 3.20. The van der Waals surface area contributed by atoms with E-state index in [1.54, 1.807) is 19.1 Å². The predicted octanol–water partition coefficient (Wildman–Crippen LogP) is 3.29. The molecular formula is C10H10BrClO3. The largest absolute Gasteiger partial charge is 0.495 e. The van der Waals surface area contributed by atoms with Crippen LogP contribution in [0.2, 0.25) is 5.02 Å². The van der Waals surface area contributed by atoms with Gasteiger partial charge in [-0.25, -0.2) is 4.79 Å². The molecule has 0 spiro atoms. The van der Waals surface area contributed by atoms with Crippen LogP contribution in [0.25, 0.3) is 0 Å².